The van der Waals surface area contributed by atoms with Crippen molar-refractivity contribution in [3.8, 4) is 5.75 Å². The number of nitrogens with two attached hydrogens (primary N) is 1. The Labute approximate surface area is 130 Å². The van der Waals surface area contributed by atoms with E-state index in [1.165, 1.54) is 43.2 Å². The molecule has 110 valence electrons. The summed E-state index contributed by atoms with van der Waals surface area (Å²) in [5, 5.41) is 0. The fourth-order valence-electron chi connectivity index (χ4n) is 3.38. The fourth-order valence-corrected chi connectivity index (χ4v) is 4.07. The van der Waals surface area contributed by atoms with Crippen LogP contribution in [0.15, 0.2) is 16.6 Å². The van der Waals surface area contributed by atoms with Gasteiger partial charge in [-0.05, 0) is 66.1 Å². The SMILES string of the molecule is Cc1cc(Br)c(OCC2CCC2)c(C2(N)CCCC2)c1. The first-order valence-corrected chi connectivity index (χ1v) is 8.60. The molecule has 0 radical (unpaired) electrons. The van der Waals surface area contributed by atoms with Crippen LogP contribution in [0, 0.1) is 12.8 Å². The summed E-state index contributed by atoms with van der Waals surface area (Å²) < 4.78 is 7.24. The van der Waals surface area contributed by atoms with Gasteiger partial charge in [-0.3, -0.25) is 0 Å². The number of ether oxygens (including phenoxy) is 1. The molecule has 2 aliphatic carbocycles. The topological polar surface area (TPSA) is 35.2 Å². The number of halogens is 1. The van der Waals surface area contributed by atoms with E-state index in [0.717, 1.165) is 35.6 Å². The third kappa shape index (κ3) is 2.75. The van der Waals surface area contributed by atoms with Crippen LogP contribution in [0.4, 0.5) is 0 Å². The van der Waals surface area contributed by atoms with Crippen molar-refractivity contribution in [3.63, 3.8) is 0 Å². The van der Waals surface area contributed by atoms with Crippen molar-refractivity contribution in [2.24, 2.45) is 11.7 Å². The third-order valence-electron chi connectivity index (χ3n) is 4.91. The highest BCUT2D eigenvalue weighted by molar-refractivity contribution is 9.10. The van der Waals surface area contributed by atoms with Gasteiger partial charge in [0.15, 0.2) is 0 Å². The van der Waals surface area contributed by atoms with E-state index in [2.05, 4.69) is 35.0 Å². The van der Waals surface area contributed by atoms with E-state index in [4.69, 9.17) is 10.5 Å². The predicted molar refractivity (Wildman–Crippen MR) is 86.0 cm³/mol. The van der Waals surface area contributed by atoms with Gasteiger partial charge >= 0.3 is 0 Å². The van der Waals surface area contributed by atoms with Gasteiger partial charge in [-0.15, -0.1) is 0 Å². The molecule has 2 fully saturated rings. The maximum atomic E-state index is 6.67. The molecule has 0 bridgehead atoms. The average molecular weight is 338 g/mol. The van der Waals surface area contributed by atoms with E-state index in [0.29, 0.717) is 0 Å². The normalized spacial score (nSPS) is 21.8. The maximum absolute atomic E-state index is 6.67. The predicted octanol–water partition coefficient (Wildman–Crippen LogP) is 4.66. The molecule has 2 N–H and O–H groups in total. The van der Waals surface area contributed by atoms with Crippen molar-refractivity contribution >= 4 is 15.9 Å². The van der Waals surface area contributed by atoms with Gasteiger partial charge < -0.3 is 10.5 Å². The summed E-state index contributed by atoms with van der Waals surface area (Å²) in [5.41, 5.74) is 8.94. The molecule has 0 aliphatic heterocycles. The van der Waals surface area contributed by atoms with Crippen molar-refractivity contribution in [1.82, 2.24) is 0 Å². The second kappa shape index (κ2) is 5.69. The number of hydrogen-bond acceptors (Lipinski definition) is 2. The van der Waals surface area contributed by atoms with Crippen LogP contribution in [-0.2, 0) is 5.54 Å². The van der Waals surface area contributed by atoms with Crippen molar-refractivity contribution in [2.75, 3.05) is 6.61 Å². The summed E-state index contributed by atoms with van der Waals surface area (Å²) in [6.45, 7) is 2.97. The first-order chi connectivity index (χ1) is 9.58. The van der Waals surface area contributed by atoms with Crippen LogP contribution in [0.1, 0.15) is 56.1 Å². The number of rotatable bonds is 4. The molecule has 1 aromatic carbocycles. The van der Waals surface area contributed by atoms with Crippen molar-refractivity contribution in [2.45, 2.75) is 57.4 Å². The molecule has 0 saturated heterocycles. The van der Waals surface area contributed by atoms with Crippen molar-refractivity contribution < 1.29 is 4.74 Å². The number of benzene rings is 1. The molecule has 0 aromatic heterocycles. The highest BCUT2D eigenvalue weighted by Crippen LogP contribution is 2.44. The molecular formula is C17H24BrNO. The summed E-state index contributed by atoms with van der Waals surface area (Å²) in [6, 6.07) is 4.37. The lowest BCUT2D eigenvalue weighted by Gasteiger charge is -2.30. The largest absolute Gasteiger partial charge is 0.492 e. The highest BCUT2D eigenvalue weighted by Gasteiger charge is 2.35. The second-order valence-electron chi connectivity index (χ2n) is 6.59. The lowest BCUT2D eigenvalue weighted by atomic mass is 9.86. The highest BCUT2D eigenvalue weighted by atomic mass is 79.9. The molecule has 3 heteroatoms. The van der Waals surface area contributed by atoms with E-state index in [-0.39, 0.29) is 5.54 Å². The zero-order chi connectivity index (χ0) is 14.2. The Bertz CT molecular complexity index is 490. The summed E-state index contributed by atoms with van der Waals surface area (Å²) in [4.78, 5) is 0. The number of aryl methyl sites for hydroxylation is 1. The Kier molecular flexibility index (Phi) is 4.09. The summed E-state index contributed by atoms with van der Waals surface area (Å²) >= 11 is 3.68. The van der Waals surface area contributed by atoms with Gasteiger partial charge in [0.05, 0.1) is 11.1 Å². The fraction of sp³-hybridized carbons (Fsp3) is 0.647. The van der Waals surface area contributed by atoms with Gasteiger partial charge in [0, 0.05) is 11.1 Å². The van der Waals surface area contributed by atoms with Gasteiger partial charge in [0.2, 0.25) is 0 Å². The lowest BCUT2D eigenvalue weighted by molar-refractivity contribution is 0.176. The second-order valence-corrected chi connectivity index (χ2v) is 7.45. The van der Waals surface area contributed by atoms with Crippen LogP contribution in [0.25, 0.3) is 0 Å². The molecule has 0 amide bonds. The zero-order valence-corrected chi connectivity index (χ0v) is 13.8. The molecule has 2 nitrogen and oxygen atoms in total. The van der Waals surface area contributed by atoms with Crippen LogP contribution in [0.2, 0.25) is 0 Å². The molecule has 0 spiro atoms. The van der Waals surface area contributed by atoms with Gasteiger partial charge in [0.25, 0.3) is 0 Å². The molecule has 20 heavy (non-hydrogen) atoms. The summed E-state index contributed by atoms with van der Waals surface area (Å²) in [6.07, 6.45) is 8.58. The molecule has 0 atom stereocenters. The monoisotopic (exact) mass is 337 g/mol. The Morgan fingerprint density at radius 1 is 1.25 bits per heavy atom. The summed E-state index contributed by atoms with van der Waals surface area (Å²) in [7, 11) is 0. The Morgan fingerprint density at radius 3 is 2.55 bits per heavy atom. The van der Waals surface area contributed by atoms with E-state index < -0.39 is 0 Å². The first-order valence-electron chi connectivity index (χ1n) is 7.81. The first kappa shape index (κ1) is 14.4. The van der Waals surface area contributed by atoms with Gasteiger partial charge in [-0.2, -0.15) is 0 Å². The maximum Gasteiger partial charge on any atom is 0.138 e. The smallest absolute Gasteiger partial charge is 0.138 e. The number of hydrogen-bond donors (Lipinski definition) is 1. The minimum atomic E-state index is -0.191. The van der Waals surface area contributed by atoms with Gasteiger partial charge in [0.1, 0.15) is 5.75 Å². The van der Waals surface area contributed by atoms with Gasteiger partial charge in [-0.1, -0.05) is 25.3 Å². The van der Waals surface area contributed by atoms with E-state index >= 15 is 0 Å². The van der Waals surface area contributed by atoms with E-state index in [1.807, 2.05) is 0 Å². The molecular weight excluding hydrogens is 314 g/mol. The Morgan fingerprint density at radius 2 is 1.95 bits per heavy atom. The quantitative estimate of drug-likeness (QED) is 0.866. The summed E-state index contributed by atoms with van der Waals surface area (Å²) in [5.74, 6) is 1.74. The van der Waals surface area contributed by atoms with Crippen LogP contribution in [0.3, 0.4) is 0 Å². The van der Waals surface area contributed by atoms with Crippen molar-refractivity contribution in [1.29, 1.82) is 0 Å². The Hall–Kier alpha value is -0.540. The van der Waals surface area contributed by atoms with E-state index in [9.17, 15) is 0 Å². The van der Waals surface area contributed by atoms with Crippen LogP contribution >= 0.6 is 15.9 Å². The molecule has 0 unspecified atom stereocenters. The molecule has 2 saturated carbocycles. The zero-order valence-electron chi connectivity index (χ0n) is 12.3. The standard InChI is InChI=1S/C17H24BrNO/c1-12-9-14(17(19)7-2-3-8-17)16(15(18)10-12)20-11-13-5-4-6-13/h9-10,13H,2-8,11,19H2,1H3. The van der Waals surface area contributed by atoms with E-state index in [1.54, 1.807) is 0 Å². The molecule has 2 aliphatic rings. The van der Waals surface area contributed by atoms with Crippen LogP contribution in [0.5, 0.6) is 5.75 Å². The minimum absolute atomic E-state index is 0.191. The van der Waals surface area contributed by atoms with Crippen LogP contribution < -0.4 is 10.5 Å². The van der Waals surface area contributed by atoms with Crippen LogP contribution in [-0.4, -0.2) is 6.61 Å². The average Bonchev–Trinajstić information content (AvgIpc) is 2.77. The third-order valence-corrected chi connectivity index (χ3v) is 5.50. The molecule has 3 rings (SSSR count). The Balaban J connectivity index is 1.89. The van der Waals surface area contributed by atoms with Gasteiger partial charge in [-0.25, -0.2) is 0 Å². The lowest BCUT2D eigenvalue weighted by Crippen LogP contribution is -2.34. The molecule has 0 heterocycles. The minimum Gasteiger partial charge on any atom is -0.492 e. The molecule has 1 aromatic rings. The van der Waals surface area contributed by atoms with Crippen molar-refractivity contribution in [3.05, 3.63) is 27.7 Å².